The van der Waals surface area contributed by atoms with E-state index < -0.39 is 12.1 Å². The zero-order chi connectivity index (χ0) is 11.4. The smallest absolute Gasteiger partial charge is 0.338 e. The van der Waals surface area contributed by atoms with E-state index in [1.807, 2.05) is 0 Å². The van der Waals surface area contributed by atoms with Crippen LogP contribution in [0.2, 0.25) is 0 Å². The van der Waals surface area contributed by atoms with E-state index in [-0.39, 0.29) is 24.1 Å². The Morgan fingerprint density at radius 3 is 2.21 bits per heavy atom. The van der Waals surface area contributed by atoms with Crippen molar-refractivity contribution in [2.45, 2.75) is 12.6 Å². The Labute approximate surface area is 87.4 Å². The van der Waals surface area contributed by atoms with Gasteiger partial charge in [0.2, 0.25) is 0 Å². The van der Waals surface area contributed by atoms with Gasteiger partial charge in [-0.2, -0.15) is 13.2 Å². The van der Waals surface area contributed by atoms with Crippen molar-refractivity contribution >= 4 is 27.6 Å². The second-order valence-electron chi connectivity index (χ2n) is 2.65. The Balaban J connectivity index is 4.03. The highest BCUT2D eigenvalue weighted by Crippen LogP contribution is 2.17. The van der Waals surface area contributed by atoms with Crippen LogP contribution in [0, 0.1) is 0 Å². The van der Waals surface area contributed by atoms with Crippen molar-refractivity contribution in [3.8, 4) is 0 Å². The maximum Gasteiger partial charge on any atom is 0.471 e. The second kappa shape index (κ2) is 5.33. The average molecular weight is 276 g/mol. The molecule has 0 unspecified atom stereocenters. The summed E-state index contributed by atoms with van der Waals surface area (Å²) in [6, 6.07) is 0. The number of amides is 1. The van der Waals surface area contributed by atoms with E-state index in [2.05, 4.69) is 15.9 Å². The molecule has 0 aliphatic rings. The first-order chi connectivity index (χ1) is 6.29. The molecule has 0 rings (SSSR count). The van der Waals surface area contributed by atoms with Crippen molar-refractivity contribution < 1.29 is 22.8 Å². The molecule has 0 aliphatic carbocycles. The van der Waals surface area contributed by atoms with Crippen molar-refractivity contribution in [3.63, 3.8) is 0 Å². The van der Waals surface area contributed by atoms with E-state index in [1.54, 1.807) is 0 Å². The zero-order valence-electron chi connectivity index (χ0n) is 7.40. The molecule has 82 valence electrons. The Morgan fingerprint density at radius 1 is 1.36 bits per heavy atom. The first-order valence-electron chi connectivity index (χ1n) is 3.69. The largest absolute Gasteiger partial charge is 0.471 e. The van der Waals surface area contributed by atoms with Gasteiger partial charge in [0.1, 0.15) is 5.78 Å². The van der Waals surface area contributed by atoms with Crippen LogP contribution in [0.25, 0.3) is 0 Å². The van der Waals surface area contributed by atoms with E-state index in [1.165, 1.54) is 0 Å². The lowest BCUT2D eigenvalue weighted by molar-refractivity contribution is -0.184. The SMILES string of the molecule is CN(CCC(=O)CBr)C(=O)C(F)(F)F. The fourth-order valence-electron chi connectivity index (χ4n) is 0.677. The molecule has 0 bridgehead atoms. The van der Waals surface area contributed by atoms with Crippen LogP contribution in [-0.4, -0.2) is 41.7 Å². The molecule has 0 aromatic rings. The summed E-state index contributed by atoms with van der Waals surface area (Å²) in [4.78, 5) is 21.8. The number of rotatable bonds is 4. The van der Waals surface area contributed by atoms with Gasteiger partial charge in [0.25, 0.3) is 0 Å². The van der Waals surface area contributed by atoms with Crippen LogP contribution in [-0.2, 0) is 9.59 Å². The molecular weight excluding hydrogens is 267 g/mol. The molecule has 0 aliphatic heterocycles. The van der Waals surface area contributed by atoms with E-state index in [0.29, 0.717) is 4.90 Å². The topological polar surface area (TPSA) is 37.4 Å². The number of ketones is 1. The zero-order valence-corrected chi connectivity index (χ0v) is 8.98. The number of Topliss-reactive ketones (excluding diaryl/α,β-unsaturated/α-hetero) is 1. The van der Waals surface area contributed by atoms with Gasteiger partial charge in [0.05, 0.1) is 5.33 Å². The van der Waals surface area contributed by atoms with Crippen LogP contribution < -0.4 is 0 Å². The molecule has 0 aromatic heterocycles. The summed E-state index contributed by atoms with van der Waals surface area (Å²) in [5, 5.41) is 0.0844. The van der Waals surface area contributed by atoms with E-state index in [4.69, 9.17) is 0 Å². The molecule has 0 N–H and O–H groups in total. The minimum atomic E-state index is -4.87. The summed E-state index contributed by atoms with van der Waals surface area (Å²) in [6.07, 6.45) is -4.95. The van der Waals surface area contributed by atoms with Crippen molar-refractivity contribution in [2.24, 2.45) is 0 Å². The van der Waals surface area contributed by atoms with Crippen molar-refractivity contribution in [2.75, 3.05) is 18.9 Å². The predicted molar refractivity (Wildman–Crippen MR) is 47.1 cm³/mol. The molecular formula is C7H9BrF3NO2. The highest BCUT2D eigenvalue weighted by atomic mass is 79.9. The highest BCUT2D eigenvalue weighted by Gasteiger charge is 2.41. The third-order valence-corrected chi connectivity index (χ3v) is 2.09. The molecule has 0 saturated heterocycles. The number of nitrogens with zero attached hydrogens (tertiary/aromatic N) is 1. The quantitative estimate of drug-likeness (QED) is 0.727. The number of alkyl halides is 4. The summed E-state index contributed by atoms with van der Waals surface area (Å²) in [5.41, 5.74) is 0. The van der Waals surface area contributed by atoms with Gasteiger partial charge in [-0.3, -0.25) is 9.59 Å². The maximum atomic E-state index is 11.8. The van der Waals surface area contributed by atoms with Gasteiger partial charge in [-0.15, -0.1) is 0 Å². The van der Waals surface area contributed by atoms with Crippen molar-refractivity contribution in [3.05, 3.63) is 0 Å². The molecule has 14 heavy (non-hydrogen) atoms. The van der Waals surface area contributed by atoms with E-state index >= 15 is 0 Å². The lowest BCUT2D eigenvalue weighted by Crippen LogP contribution is -2.39. The van der Waals surface area contributed by atoms with Crippen molar-refractivity contribution in [1.82, 2.24) is 4.90 Å². The molecule has 7 heteroatoms. The van der Waals surface area contributed by atoms with Crippen LogP contribution in [0.3, 0.4) is 0 Å². The number of halogens is 4. The molecule has 0 fully saturated rings. The minimum absolute atomic E-state index is 0.0798. The Morgan fingerprint density at radius 2 is 1.86 bits per heavy atom. The van der Waals surface area contributed by atoms with Crippen LogP contribution in [0.1, 0.15) is 6.42 Å². The second-order valence-corrected chi connectivity index (χ2v) is 3.21. The monoisotopic (exact) mass is 275 g/mol. The Kier molecular flexibility index (Phi) is 5.11. The molecule has 0 spiro atoms. The van der Waals surface area contributed by atoms with Crippen LogP contribution in [0.4, 0.5) is 13.2 Å². The highest BCUT2D eigenvalue weighted by molar-refractivity contribution is 9.09. The van der Waals surface area contributed by atoms with Crippen LogP contribution in [0.5, 0.6) is 0 Å². The van der Waals surface area contributed by atoms with Gasteiger partial charge in [-0.25, -0.2) is 0 Å². The average Bonchev–Trinajstić information content (AvgIpc) is 2.10. The Bertz CT molecular complexity index is 229. The normalized spacial score (nSPS) is 11.2. The van der Waals surface area contributed by atoms with Gasteiger partial charge in [0, 0.05) is 20.0 Å². The Hall–Kier alpha value is -0.590. The summed E-state index contributed by atoms with van der Waals surface area (Å²) in [7, 11) is 1.01. The number of carbonyl (C=O) groups excluding carboxylic acids is 2. The molecule has 0 atom stereocenters. The minimum Gasteiger partial charge on any atom is -0.338 e. The number of hydrogen-bond donors (Lipinski definition) is 0. The predicted octanol–water partition coefficient (Wildman–Crippen LogP) is 1.36. The fraction of sp³-hybridized carbons (Fsp3) is 0.714. The van der Waals surface area contributed by atoms with Gasteiger partial charge in [-0.05, 0) is 0 Å². The summed E-state index contributed by atoms with van der Waals surface area (Å²) in [5.74, 6) is -2.17. The molecule has 0 saturated carbocycles. The molecule has 0 aromatic carbocycles. The van der Waals surface area contributed by atoms with Gasteiger partial charge >= 0.3 is 12.1 Å². The fourth-order valence-corrected chi connectivity index (χ4v) is 0.958. The van der Waals surface area contributed by atoms with Gasteiger partial charge < -0.3 is 4.90 Å². The molecule has 0 radical (unpaired) electrons. The third-order valence-electron chi connectivity index (χ3n) is 1.46. The summed E-state index contributed by atoms with van der Waals surface area (Å²) in [6.45, 7) is -0.219. The molecule has 1 amide bonds. The van der Waals surface area contributed by atoms with Crippen molar-refractivity contribution in [1.29, 1.82) is 0 Å². The summed E-state index contributed by atoms with van der Waals surface area (Å²) < 4.78 is 35.5. The van der Waals surface area contributed by atoms with Gasteiger partial charge in [-0.1, -0.05) is 15.9 Å². The first kappa shape index (κ1) is 13.4. The molecule has 3 nitrogen and oxygen atoms in total. The lowest BCUT2D eigenvalue weighted by Gasteiger charge is -2.17. The maximum absolute atomic E-state index is 11.8. The standard InChI is InChI=1S/C7H9BrF3NO2/c1-12(3-2-5(13)4-8)6(14)7(9,10)11/h2-4H2,1H3. The number of carbonyl (C=O) groups is 2. The lowest BCUT2D eigenvalue weighted by atomic mass is 10.3. The van der Waals surface area contributed by atoms with Gasteiger partial charge in [0.15, 0.2) is 0 Å². The summed E-state index contributed by atoms with van der Waals surface area (Å²) >= 11 is 2.87. The first-order valence-corrected chi connectivity index (χ1v) is 4.81. The van der Waals surface area contributed by atoms with Crippen LogP contribution in [0.15, 0.2) is 0 Å². The third kappa shape index (κ3) is 4.59. The van der Waals surface area contributed by atoms with Crippen LogP contribution >= 0.6 is 15.9 Å². The number of hydrogen-bond acceptors (Lipinski definition) is 2. The van der Waals surface area contributed by atoms with E-state index in [0.717, 1.165) is 7.05 Å². The molecule has 0 heterocycles. The van der Waals surface area contributed by atoms with E-state index in [9.17, 15) is 22.8 Å².